The fourth-order valence-electron chi connectivity index (χ4n) is 3.48. The molecule has 0 amide bonds. The van der Waals surface area contributed by atoms with E-state index in [4.69, 9.17) is 4.74 Å². The van der Waals surface area contributed by atoms with Gasteiger partial charge in [0.25, 0.3) is 0 Å². The standard InChI is InChI=1S/C22H17F7N6O/c1-35-10-31-19(15-4-12(2-3-30-15)18-21(22(27,28)29)33-34-32-18)20(35)17-14(26)5-13(25)6-16(17)36-9-11(7-23)8-24/h2-6,10-11H,7-9H2,1H3,(H,32,33,34). The molecule has 0 saturated heterocycles. The minimum absolute atomic E-state index is 0.00228. The van der Waals surface area contributed by atoms with Crippen molar-refractivity contribution in [1.82, 2.24) is 29.9 Å². The molecule has 7 nitrogen and oxygen atoms in total. The SMILES string of the molecule is Cn1cnc(-c2cc(-c3n[nH]nc3C(F)(F)F)ccn2)c1-c1c(F)cc(F)cc1OCC(CF)CF. The molecule has 0 saturated carbocycles. The number of hydrogen-bond acceptors (Lipinski definition) is 5. The second-order valence-corrected chi connectivity index (χ2v) is 7.75. The highest BCUT2D eigenvalue weighted by Gasteiger charge is 2.38. The molecule has 0 fully saturated rings. The number of alkyl halides is 5. The summed E-state index contributed by atoms with van der Waals surface area (Å²) >= 11 is 0. The molecule has 36 heavy (non-hydrogen) atoms. The van der Waals surface area contributed by atoms with Crippen LogP contribution < -0.4 is 4.74 Å². The Bertz CT molecular complexity index is 1360. The largest absolute Gasteiger partial charge is 0.492 e. The molecule has 3 aromatic heterocycles. The zero-order chi connectivity index (χ0) is 26.0. The van der Waals surface area contributed by atoms with E-state index in [0.29, 0.717) is 6.07 Å². The number of ether oxygens (including phenoxy) is 1. The Morgan fingerprint density at radius 1 is 1.03 bits per heavy atom. The lowest BCUT2D eigenvalue weighted by molar-refractivity contribution is -0.140. The topological polar surface area (TPSA) is 81.5 Å². The van der Waals surface area contributed by atoms with Crippen molar-refractivity contribution in [3.05, 3.63) is 54.1 Å². The molecule has 190 valence electrons. The van der Waals surface area contributed by atoms with Gasteiger partial charge in [-0.15, -0.1) is 0 Å². The van der Waals surface area contributed by atoms with Crippen molar-refractivity contribution in [2.75, 3.05) is 20.0 Å². The normalized spacial score (nSPS) is 11.9. The van der Waals surface area contributed by atoms with E-state index in [9.17, 15) is 26.3 Å². The van der Waals surface area contributed by atoms with Gasteiger partial charge >= 0.3 is 6.18 Å². The highest BCUT2D eigenvalue weighted by molar-refractivity contribution is 5.82. The van der Waals surface area contributed by atoms with Crippen molar-refractivity contribution in [3.8, 4) is 39.7 Å². The highest BCUT2D eigenvalue weighted by Crippen LogP contribution is 2.40. The Balaban J connectivity index is 1.82. The number of halogens is 7. The summed E-state index contributed by atoms with van der Waals surface area (Å²) < 4.78 is 102. The third kappa shape index (κ3) is 4.88. The first kappa shape index (κ1) is 25.1. The van der Waals surface area contributed by atoms with E-state index in [0.717, 1.165) is 6.07 Å². The van der Waals surface area contributed by atoms with Crippen LogP contribution in [0.1, 0.15) is 5.69 Å². The van der Waals surface area contributed by atoms with Crippen LogP contribution in [0.4, 0.5) is 30.7 Å². The molecule has 0 radical (unpaired) electrons. The number of benzene rings is 1. The van der Waals surface area contributed by atoms with Crippen molar-refractivity contribution in [1.29, 1.82) is 0 Å². The Kier molecular flexibility index (Phi) is 6.95. The summed E-state index contributed by atoms with van der Waals surface area (Å²) in [5, 5.41) is 8.68. The number of imidazole rings is 1. The van der Waals surface area contributed by atoms with E-state index < -0.39 is 55.1 Å². The molecular weight excluding hydrogens is 497 g/mol. The highest BCUT2D eigenvalue weighted by atomic mass is 19.4. The maximum atomic E-state index is 15.0. The molecule has 14 heteroatoms. The number of rotatable bonds is 8. The van der Waals surface area contributed by atoms with Crippen LogP contribution in [-0.4, -0.2) is 49.9 Å². The lowest BCUT2D eigenvalue weighted by Crippen LogP contribution is -2.16. The zero-order valence-electron chi connectivity index (χ0n) is 18.5. The van der Waals surface area contributed by atoms with E-state index >= 15 is 4.39 Å². The average molecular weight is 514 g/mol. The van der Waals surface area contributed by atoms with E-state index in [1.54, 1.807) is 0 Å². The van der Waals surface area contributed by atoms with Crippen molar-refractivity contribution in [2.24, 2.45) is 13.0 Å². The van der Waals surface area contributed by atoms with E-state index in [1.165, 1.54) is 36.3 Å². The second-order valence-electron chi connectivity index (χ2n) is 7.75. The minimum atomic E-state index is -4.78. The Morgan fingerprint density at radius 3 is 2.47 bits per heavy atom. The van der Waals surface area contributed by atoms with Crippen LogP contribution in [0.25, 0.3) is 33.9 Å². The Labute approximate surface area is 199 Å². The van der Waals surface area contributed by atoms with Crippen molar-refractivity contribution in [2.45, 2.75) is 6.18 Å². The van der Waals surface area contributed by atoms with Crippen molar-refractivity contribution >= 4 is 0 Å². The number of H-pyrrole nitrogens is 1. The summed E-state index contributed by atoms with van der Waals surface area (Å²) in [4.78, 5) is 8.32. The van der Waals surface area contributed by atoms with Gasteiger partial charge in [-0.1, -0.05) is 0 Å². The molecule has 4 aromatic rings. The van der Waals surface area contributed by atoms with Gasteiger partial charge in [0, 0.05) is 36.9 Å². The van der Waals surface area contributed by atoms with Gasteiger partial charge in [-0.25, -0.2) is 13.8 Å². The van der Waals surface area contributed by atoms with Gasteiger partial charge in [-0.3, -0.25) is 13.8 Å². The first-order valence-electron chi connectivity index (χ1n) is 10.3. The number of aromatic amines is 1. The Morgan fingerprint density at radius 2 is 1.78 bits per heavy atom. The van der Waals surface area contributed by atoms with Gasteiger partial charge in [0.2, 0.25) is 0 Å². The van der Waals surface area contributed by atoms with Gasteiger partial charge in [-0.05, 0) is 12.1 Å². The van der Waals surface area contributed by atoms with Crippen LogP contribution in [0, 0.1) is 17.6 Å². The molecule has 0 spiro atoms. The van der Waals surface area contributed by atoms with Gasteiger partial charge in [0.05, 0.1) is 43.2 Å². The number of nitrogens with zero attached hydrogens (tertiary/aromatic N) is 5. The maximum absolute atomic E-state index is 15.0. The molecule has 3 heterocycles. The summed E-state index contributed by atoms with van der Waals surface area (Å²) in [5.41, 5.74) is -1.88. The minimum Gasteiger partial charge on any atom is -0.492 e. The maximum Gasteiger partial charge on any atom is 0.437 e. The summed E-state index contributed by atoms with van der Waals surface area (Å²) in [7, 11) is 1.49. The van der Waals surface area contributed by atoms with Gasteiger partial charge in [-0.2, -0.15) is 28.6 Å². The predicted octanol–water partition coefficient (Wildman–Crippen LogP) is 5.17. The van der Waals surface area contributed by atoms with Crippen LogP contribution >= 0.6 is 0 Å². The second kappa shape index (κ2) is 9.95. The fourth-order valence-corrected chi connectivity index (χ4v) is 3.48. The van der Waals surface area contributed by atoms with Crippen LogP contribution in [0.2, 0.25) is 0 Å². The van der Waals surface area contributed by atoms with Crippen molar-refractivity contribution in [3.63, 3.8) is 0 Å². The number of aromatic nitrogens is 6. The predicted molar refractivity (Wildman–Crippen MR) is 113 cm³/mol. The van der Waals surface area contributed by atoms with Gasteiger partial charge in [0.1, 0.15) is 28.8 Å². The van der Waals surface area contributed by atoms with Gasteiger partial charge < -0.3 is 9.30 Å². The summed E-state index contributed by atoms with van der Waals surface area (Å²) in [5.74, 6) is -3.52. The summed E-state index contributed by atoms with van der Waals surface area (Å²) in [6.07, 6.45) is -2.28. The first-order chi connectivity index (χ1) is 17.1. The zero-order valence-corrected chi connectivity index (χ0v) is 18.5. The quantitative estimate of drug-likeness (QED) is 0.329. The molecule has 0 aliphatic heterocycles. The van der Waals surface area contributed by atoms with Gasteiger partial charge in [0.15, 0.2) is 5.69 Å². The third-order valence-corrected chi connectivity index (χ3v) is 5.20. The third-order valence-electron chi connectivity index (χ3n) is 5.20. The van der Waals surface area contributed by atoms with Crippen LogP contribution in [0.3, 0.4) is 0 Å². The molecule has 0 aliphatic rings. The van der Waals surface area contributed by atoms with E-state index in [1.807, 2.05) is 5.21 Å². The smallest absolute Gasteiger partial charge is 0.437 e. The fraction of sp³-hybridized carbons (Fsp3) is 0.273. The first-order valence-corrected chi connectivity index (χ1v) is 10.3. The molecule has 1 aromatic carbocycles. The molecule has 0 unspecified atom stereocenters. The summed E-state index contributed by atoms with van der Waals surface area (Å²) in [6, 6.07) is 3.98. The molecular formula is C22H17F7N6O. The molecule has 4 rings (SSSR count). The number of hydrogen-bond donors (Lipinski definition) is 1. The average Bonchev–Trinajstić information content (AvgIpc) is 3.47. The number of aryl methyl sites for hydroxylation is 1. The molecule has 1 N–H and O–H groups in total. The number of pyridine rings is 1. The lowest BCUT2D eigenvalue weighted by atomic mass is 10.0. The molecule has 0 bridgehead atoms. The Hall–Kier alpha value is -3.97. The monoisotopic (exact) mass is 514 g/mol. The van der Waals surface area contributed by atoms with Crippen LogP contribution in [0.15, 0.2) is 36.8 Å². The van der Waals surface area contributed by atoms with Crippen LogP contribution in [-0.2, 0) is 13.2 Å². The summed E-state index contributed by atoms with van der Waals surface area (Å²) in [6.45, 7) is -2.57. The lowest BCUT2D eigenvalue weighted by Gasteiger charge is -2.16. The molecule has 0 aliphatic carbocycles. The van der Waals surface area contributed by atoms with Crippen molar-refractivity contribution < 1.29 is 35.5 Å². The van der Waals surface area contributed by atoms with E-state index in [2.05, 4.69) is 20.2 Å². The van der Waals surface area contributed by atoms with Crippen LogP contribution in [0.5, 0.6) is 5.75 Å². The molecule has 0 atom stereocenters. The van der Waals surface area contributed by atoms with E-state index in [-0.39, 0.29) is 34.0 Å². The number of nitrogens with one attached hydrogen (secondary N) is 1.